The molecule has 1 amide bonds. The predicted octanol–water partition coefficient (Wildman–Crippen LogP) is 2.58. The van der Waals surface area contributed by atoms with Gasteiger partial charge in [0.25, 0.3) is 5.69 Å². The van der Waals surface area contributed by atoms with Crippen molar-refractivity contribution in [1.82, 2.24) is 9.88 Å². The van der Waals surface area contributed by atoms with E-state index in [1.54, 1.807) is 12.3 Å². The maximum atomic E-state index is 12.6. The molecule has 0 saturated carbocycles. The molecule has 2 aromatic rings. The van der Waals surface area contributed by atoms with Gasteiger partial charge in [0, 0.05) is 42.3 Å². The maximum absolute atomic E-state index is 12.6. The lowest BCUT2D eigenvalue weighted by Gasteiger charge is -2.24. The smallest absolute Gasteiger partial charge is 0.305 e. The average molecular weight is 347 g/mol. The van der Waals surface area contributed by atoms with Gasteiger partial charge in [0.2, 0.25) is 5.91 Å². The van der Waals surface area contributed by atoms with Gasteiger partial charge in [-0.3, -0.25) is 19.7 Å². The van der Waals surface area contributed by atoms with Crippen LogP contribution in [0.1, 0.15) is 25.8 Å². The third-order valence-corrected chi connectivity index (χ3v) is 3.84. The number of amides is 1. The highest BCUT2D eigenvalue weighted by molar-refractivity contribution is 5.90. The summed E-state index contributed by atoms with van der Waals surface area (Å²) in [6.07, 6.45) is 1.61. The van der Waals surface area contributed by atoms with Crippen LogP contribution in [0.4, 0.5) is 5.69 Å². The summed E-state index contributed by atoms with van der Waals surface area (Å²) in [5, 5.41) is 20.4. The first-order valence-electron chi connectivity index (χ1n) is 8.02. The number of carboxylic acids is 1. The Hall–Kier alpha value is -2.90. The number of nitro groups is 1. The molecule has 8 nitrogen and oxygen atoms in total. The number of fused-ring (bicyclic) bond motifs is 1. The highest BCUT2D eigenvalue weighted by Gasteiger charge is 2.19. The number of aromatic amines is 1. The van der Waals surface area contributed by atoms with Crippen LogP contribution in [0.15, 0.2) is 24.4 Å². The maximum Gasteiger partial charge on any atom is 0.305 e. The van der Waals surface area contributed by atoms with Crippen LogP contribution in [0, 0.1) is 16.0 Å². The van der Waals surface area contributed by atoms with Crippen molar-refractivity contribution in [2.75, 3.05) is 13.1 Å². The summed E-state index contributed by atoms with van der Waals surface area (Å²) in [6, 6.07) is 4.46. The van der Waals surface area contributed by atoms with Gasteiger partial charge in [-0.1, -0.05) is 13.8 Å². The van der Waals surface area contributed by atoms with Crippen LogP contribution in [-0.4, -0.2) is 44.9 Å². The Morgan fingerprint density at radius 3 is 2.68 bits per heavy atom. The third kappa shape index (κ3) is 4.79. The molecule has 0 aliphatic rings. The van der Waals surface area contributed by atoms with Crippen molar-refractivity contribution >= 4 is 28.5 Å². The van der Waals surface area contributed by atoms with Crippen molar-refractivity contribution in [3.8, 4) is 0 Å². The number of aromatic nitrogens is 1. The van der Waals surface area contributed by atoms with Crippen molar-refractivity contribution < 1.29 is 19.6 Å². The van der Waals surface area contributed by atoms with Gasteiger partial charge in [-0.25, -0.2) is 0 Å². The van der Waals surface area contributed by atoms with Crippen molar-refractivity contribution in [1.29, 1.82) is 0 Å². The number of benzene rings is 1. The number of H-pyrrole nitrogens is 1. The normalized spacial score (nSPS) is 11.0. The lowest BCUT2D eigenvalue weighted by molar-refractivity contribution is -0.384. The van der Waals surface area contributed by atoms with Gasteiger partial charge in [-0.15, -0.1) is 0 Å². The fraction of sp³-hybridized carbons (Fsp3) is 0.412. The minimum absolute atomic E-state index is 0.0364. The molecule has 1 aromatic carbocycles. The molecular formula is C17H21N3O5. The first-order valence-corrected chi connectivity index (χ1v) is 8.02. The minimum Gasteiger partial charge on any atom is -0.481 e. The third-order valence-electron chi connectivity index (χ3n) is 3.84. The second-order valence-electron chi connectivity index (χ2n) is 6.36. The molecule has 2 N–H and O–H groups in total. The van der Waals surface area contributed by atoms with E-state index < -0.39 is 10.9 Å². The van der Waals surface area contributed by atoms with E-state index >= 15 is 0 Å². The molecule has 0 spiro atoms. The quantitative estimate of drug-likeness (QED) is 0.562. The van der Waals surface area contributed by atoms with E-state index in [-0.39, 0.29) is 36.9 Å². The van der Waals surface area contributed by atoms with Crippen LogP contribution >= 0.6 is 0 Å². The van der Waals surface area contributed by atoms with Crippen molar-refractivity contribution in [2.45, 2.75) is 26.7 Å². The molecular weight excluding hydrogens is 326 g/mol. The lowest BCUT2D eigenvalue weighted by Crippen LogP contribution is -2.36. The van der Waals surface area contributed by atoms with Crippen LogP contribution in [0.25, 0.3) is 10.9 Å². The van der Waals surface area contributed by atoms with E-state index in [0.717, 1.165) is 0 Å². The van der Waals surface area contributed by atoms with E-state index in [0.29, 0.717) is 23.0 Å². The van der Waals surface area contributed by atoms with E-state index in [1.165, 1.54) is 17.0 Å². The summed E-state index contributed by atoms with van der Waals surface area (Å²) < 4.78 is 0. The van der Waals surface area contributed by atoms with Crippen LogP contribution < -0.4 is 0 Å². The summed E-state index contributed by atoms with van der Waals surface area (Å²) in [7, 11) is 0. The second kappa shape index (κ2) is 7.78. The second-order valence-corrected chi connectivity index (χ2v) is 6.36. The number of hydrogen-bond acceptors (Lipinski definition) is 4. The van der Waals surface area contributed by atoms with Gasteiger partial charge in [0.05, 0.1) is 17.8 Å². The summed E-state index contributed by atoms with van der Waals surface area (Å²) in [5.74, 6) is -0.937. The molecule has 2 rings (SSSR count). The number of carboxylic acid groups (broad SMARTS) is 1. The van der Waals surface area contributed by atoms with Crippen LogP contribution in [0.5, 0.6) is 0 Å². The lowest BCUT2D eigenvalue weighted by atomic mass is 10.1. The molecule has 0 aliphatic heterocycles. The molecule has 25 heavy (non-hydrogen) atoms. The number of nitrogens with zero attached hydrogens (tertiary/aromatic N) is 2. The monoisotopic (exact) mass is 347 g/mol. The van der Waals surface area contributed by atoms with E-state index in [9.17, 15) is 19.7 Å². The number of carbonyl (C=O) groups is 2. The zero-order chi connectivity index (χ0) is 18.6. The predicted molar refractivity (Wildman–Crippen MR) is 92.3 cm³/mol. The molecule has 1 heterocycles. The fourth-order valence-corrected chi connectivity index (χ4v) is 2.69. The number of nitro benzene ring substituents is 1. The summed E-state index contributed by atoms with van der Waals surface area (Å²) >= 11 is 0. The molecule has 134 valence electrons. The summed E-state index contributed by atoms with van der Waals surface area (Å²) in [6.45, 7) is 4.52. The van der Waals surface area contributed by atoms with E-state index in [2.05, 4.69) is 4.98 Å². The zero-order valence-corrected chi connectivity index (χ0v) is 14.2. The number of non-ortho nitro benzene ring substituents is 1. The highest BCUT2D eigenvalue weighted by atomic mass is 16.6. The SMILES string of the molecule is CC(C)CN(CCC(=O)O)C(=O)Cc1c[nH]c2ccc([N+](=O)[O-])cc12. The van der Waals surface area contributed by atoms with Crippen molar-refractivity contribution in [3.05, 3.63) is 40.1 Å². The minimum atomic E-state index is -0.954. The van der Waals surface area contributed by atoms with Crippen LogP contribution in [-0.2, 0) is 16.0 Å². The van der Waals surface area contributed by atoms with Gasteiger partial charge < -0.3 is 15.0 Å². The molecule has 0 unspecified atom stereocenters. The van der Waals surface area contributed by atoms with Crippen LogP contribution in [0.2, 0.25) is 0 Å². The largest absolute Gasteiger partial charge is 0.481 e. The van der Waals surface area contributed by atoms with Gasteiger partial charge in [0.1, 0.15) is 0 Å². The number of hydrogen-bond donors (Lipinski definition) is 2. The summed E-state index contributed by atoms with van der Waals surface area (Å²) in [4.78, 5) is 38.4. The zero-order valence-electron chi connectivity index (χ0n) is 14.2. The van der Waals surface area contributed by atoms with Crippen molar-refractivity contribution in [2.24, 2.45) is 5.92 Å². The van der Waals surface area contributed by atoms with Gasteiger partial charge in [0.15, 0.2) is 0 Å². The molecule has 0 bridgehead atoms. The van der Waals surface area contributed by atoms with Gasteiger partial charge in [-0.05, 0) is 17.5 Å². The molecule has 0 radical (unpaired) electrons. The number of aliphatic carboxylic acids is 1. The molecule has 0 fully saturated rings. The first kappa shape index (κ1) is 18.4. The number of rotatable bonds is 8. The Kier molecular flexibility index (Phi) is 5.74. The molecule has 0 atom stereocenters. The molecule has 1 aromatic heterocycles. The topological polar surface area (TPSA) is 117 Å². The van der Waals surface area contributed by atoms with Crippen molar-refractivity contribution in [3.63, 3.8) is 0 Å². The Bertz CT molecular complexity index is 797. The molecule has 8 heteroatoms. The molecule has 0 saturated heterocycles. The van der Waals surface area contributed by atoms with Gasteiger partial charge >= 0.3 is 5.97 Å². The Labute approximate surface area is 144 Å². The first-order chi connectivity index (χ1) is 11.8. The molecule has 0 aliphatic carbocycles. The fourth-order valence-electron chi connectivity index (χ4n) is 2.69. The van der Waals surface area contributed by atoms with Crippen LogP contribution in [0.3, 0.4) is 0 Å². The highest BCUT2D eigenvalue weighted by Crippen LogP contribution is 2.24. The van der Waals surface area contributed by atoms with E-state index in [4.69, 9.17) is 5.11 Å². The Morgan fingerprint density at radius 1 is 1.36 bits per heavy atom. The standard InChI is InChI=1S/C17H21N3O5/c1-11(2)10-19(6-5-17(22)23)16(21)7-12-9-18-15-4-3-13(20(24)25)8-14(12)15/h3-4,8-9,11,18H,5-7,10H2,1-2H3,(H,22,23). The Morgan fingerprint density at radius 2 is 2.08 bits per heavy atom. The van der Waals surface area contributed by atoms with Gasteiger partial charge in [-0.2, -0.15) is 0 Å². The van der Waals surface area contributed by atoms with E-state index in [1.807, 2.05) is 13.8 Å². The summed E-state index contributed by atoms with van der Waals surface area (Å²) in [5.41, 5.74) is 1.34. The Balaban J connectivity index is 2.21. The average Bonchev–Trinajstić information content (AvgIpc) is 2.93. The number of carbonyl (C=O) groups excluding carboxylic acids is 1. The number of nitrogens with one attached hydrogen (secondary N) is 1.